The van der Waals surface area contributed by atoms with Crippen molar-refractivity contribution in [3.8, 4) is 10.6 Å². The van der Waals surface area contributed by atoms with E-state index < -0.39 is 5.24 Å². The van der Waals surface area contributed by atoms with E-state index in [4.69, 9.17) is 23.2 Å². The molecule has 0 spiro atoms. The summed E-state index contributed by atoms with van der Waals surface area (Å²) in [5, 5.41) is 1.04. The van der Waals surface area contributed by atoms with Crippen LogP contribution in [0.5, 0.6) is 0 Å². The Balaban J connectivity index is 2.13. The Labute approximate surface area is 123 Å². The lowest BCUT2D eigenvalue weighted by atomic mass is 10.1. The molecule has 3 aromatic rings. The van der Waals surface area contributed by atoms with Crippen LogP contribution < -0.4 is 0 Å². The van der Waals surface area contributed by atoms with Gasteiger partial charge in [-0.1, -0.05) is 29.8 Å². The van der Waals surface area contributed by atoms with Gasteiger partial charge in [0.05, 0.1) is 10.2 Å². The molecule has 94 valence electrons. The van der Waals surface area contributed by atoms with Crippen molar-refractivity contribution < 1.29 is 4.79 Å². The fourth-order valence-electron chi connectivity index (χ4n) is 1.80. The number of hydrogen-bond donors (Lipinski definition) is 0. The summed E-state index contributed by atoms with van der Waals surface area (Å²) in [5.74, 6) is 0. The highest BCUT2D eigenvalue weighted by Crippen LogP contribution is 2.31. The maximum absolute atomic E-state index is 11.2. The number of nitrogens with zero attached hydrogens (tertiary/aromatic N) is 1. The van der Waals surface area contributed by atoms with Gasteiger partial charge in [-0.15, -0.1) is 11.3 Å². The molecule has 1 aromatic heterocycles. The van der Waals surface area contributed by atoms with E-state index in [1.165, 1.54) is 0 Å². The van der Waals surface area contributed by atoms with Crippen LogP contribution in [0, 0.1) is 0 Å². The van der Waals surface area contributed by atoms with E-state index in [-0.39, 0.29) is 0 Å². The van der Waals surface area contributed by atoms with Crippen LogP contribution >= 0.6 is 34.5 Å². The molecule has 0 unspecified atom stereocenters. The monoisotopic (exact) mass is 307 g/mol. The summed E-state index contributed by atoms with van der Waals surface area (Å²) < 4.78 is 1.06. The molecule has 2 aromatic carbocycles. The number of thiazole rings is 1. The highest BCUT2D eigenvalue weighted by atomic mass is 35.5. The van der Waals surface area contributed by atoms with Crippen LogP contribution in [0.2, 0.25) is 5.02 Å². The molecule has 2 nitrogen and oxygen atoms in total. The van der Waals surface area contributed by atoms with Crippen LogP contribution in [0.1, 0.15) is 10.4 Å². The molecule has 0 fully saturated rings. The molecule has 0 saturated carbocycles. The summed E-state index contributed by atoms with van der Waals surface area (Å²) >= 11 is 13.0. The van der Waals surface area contributed by atoms with Crippen molar-refractivity contribution in [3.05, 3.63) is 53.1 Å². The molecule has 0 bridgehead atoms. The van der Waals surface area contributed by atoms with Crippen molar-refractivity contribution in [3.63, 3.8) is 0 Å². The lowest BCUT2D eigenvalue weighted by Gasteiger charge is -1.97. The van der Waals surface area contributed by atoms with Crippen molar-refractivity contribution in [1.82, 2.24) is 4.98 Å². The molecule has 5 heteroatoms. The standard InChI is InChI=1S/C14H7Cl2NOS/c15-10-4-5-12-11(7-10)17-14(19-12)9-3-1-2-8(6-9)13(16)18/h1-7H. The zero-order chi connectivity index (χ0) is 13.4. The average molecular weight is 308 g/mol. The Hall–Kier alpha value is -1.42. The number of carbonyl (C=O) groups is 1. The van der Waals surface area contributed by atoms with Crippen LogP contribution in [0.15, 0.2) is 42.5 Å². The van der Waals surface area contributed by atoms with Crippen molar-refractivity contribution in [2.24, 2.45) is 0 Å². The van der Waals surface area contributed by atoms with E-state index in [0.29, 0.717) is 10.6 Å². The zero-order valence-corrected chi connectivity index (χ0v) is 11.9. The minimum atomic E-state index is -0.467. The Morgan fingerprint density at radius 1 is 1.16 bits per heavy atom. The minimum Gasteiger partial charge on any atom is -0.276 e. The van der Waals surface area contributed by atoms with Crippen molar-refractivity contribution in [1.29, 1.82) is 0 Å². The van der Waals surface area contributed by atoms with Gasteiger partial charge >= 0.3 is 0 Å². The van der Waals surface area contributed by atoms with Crippen molar-refractivity contribution in [2.75, 3.05) is 0 Å². The highest BCUT2D eigenvalue weighted by Gasteiger charge is 2.09. The largest absolute Gasteiger partial charge is 0.276 e. The maximum atomic E-state index is 11.2. The van der Waals surface area contributed by atoms with Crippen LogP contribution in [0.4, 0.5) is 0 Å². The van der Waals surface area contributed by atoms with E-state index >= 15 is 0 Å². The van der Waals surface area contributed by atoms with E-state index in [2.05, 4.69) is 4.98 Å². The van der Waals surface area contributed by atoms with Gasteiger partial charge < -0.3 is 0 Å². The second kappa shape index (κ2) is 4.93. The molecular formula is C14H7Cl2NOS. The van der Waals surface area contributed by atoms with E-state index in [0.717, 1.165) is 20.8 Å². The average Bonchev–Trinajstić information content (AvgIpc) is 2.81. The van der Waals surface area contributed by atoms with E-state index in [1.54, 1.807) is 29.5 Å². The molecule has 0 atom stereocenters. The predicted octanol–water partition coefficient (Wildman–Crippen LogP) is 5.00. The number of aromatic nitrogens is 1. The third-order valence-electron chi connectivity index (χ3n) is 2.69. The first kappa shape index (κ1) is 12.6. The SMILES string of the molecule is O=C(Cl)c1cccc(-c2nc3cc(Cl)ccc3s2)c1. The molecule has 3 rings (SSSR count). The Morgan fingerprint density at radius 3 is 2.79 bits per heavy atom. The number of hydrogen-bond acceptors (Lipinski definition) is 3. The van der Waals surface area contributed by atoms with Crippen LogP contribution in [-0.4, -0.2) is 10.2 Å². The second-order valence-electron chi connectivity index (χ2n) is 3.99. The second-order valence-corrected chi connectivity index (χ2v) is 5.80. The fraction of sp³-hybridized carbons (Fsp3) is 0. The van der Waals surface area contributed by atoms with Gasteiger partial charge in [-0.2, -0.15) is 0 Å². The van der Waals surface area contributed by atoms with E-state index in [9.17, 15) is 4.79 Å². The third-order valence-corrected chi connectivity index (χ3v) is 4.22. The van der Waals surface area contributed by atoms with Gasteiger partial charge in [0, 0.05) is 16.1 Å². The van der Waals surface area contributed by atoms with Gasteiger partial charge in [-0.25, -0.2) is 4.98 Å². The molecule has 0 amide bonds. The summed E-state index contributed by atoms with van der Waals surface area (Å²) in [4.78, 5) is 15.7. The van der Waals surface area contributed by atoms with Gasteiger partial charge in [0.2, 0.25) is 0 Å². The van der Waals surface area contributed by atoms with Crippen molar-refractivity contribution in [2.45, 2.75) is 0 Å². The zero-order valence-electron chi connectivity index (χ0n) is 9.56. The van der Waals surface area contributed by atoms with E-state index in [1.807, 2.05) is 24.3 Å². The molecule has 0 aliphatic heterocycles. The summed E-state index contributed by atoms with van der Waals surface area (Å²) in [5.41, 5.74) is 2.20. The lowest BCUT2D eigenvalue weighted by Crippen LogP contribution is -1.88. The first-order chi connectivity index (χ1) is 9.13. The van der Waals surface area contributed by atoms with Crippen LogP contribution in [0.3, 0.4) is 0 Å². The summed E-state index contributed by atoms with van der Waals surface area (Å²) in [6.45, 7) is 0. The minimum absolute atomic E-state index is 0.467. The lowest BCUT2D eigenvalue weighted by molar-refractivity contribution is 0.108. The number of fused-ring (bicyclic) bond motifs is 1. The first-order valence-corrected chi connectivity index (χ1v) is 7.07. The fourth-order valence-corrected chi connectivity index (χ4v) is 3.02. The Bertz CT molecular complexity index is 782. The maximum Gasteiger partial charge on any atom is 0.252 e. The summed E-state index contributed by atoms with van der Waals surface area (Å²) in [6, 6.07) is 12.7. The predicted molar refractivity (Wildman–Crippen MR) is 80.2 cm³/mol. The molecular weight excluding hydrogens is 301 g/mol. The summed E-state index contributed by atoms with van der Waals surface area (Å²) in [7, 11) is 0. The third kappa shape index (κ3) is 2.50. The molecule has 1 heterocycles. The van der Waals surface area contributed by atoms with Gasteiger partial charge in [0.25, 0.3) is 5.24 Å². The first-order valence-electron chi connectivity index (χ1n) is 5.50. The quantitative estimate of drug-likeness (QED) is 0.624. The highest BCUT2D eigenvalue weighted by molar-refractivity contribution is 7.21. The number of benzene rings is 2. The molecule has 0 N–H and O–H groups in total. The molecule has 0 radical (unpaired) electrons. The summed E-state index contributed by atoms with van der Waals surface area (Å²) in [6.07, 6.45) is 0. The van der Waals surface area contributed by atoms with Gasteiger partial charge in [-0.05, 0) is 35.9 Å². The van der Waals surface area contributed by atoms with Gasteiger partial charge in [0.15, 0.2) is 0 Å². The smallest absolute Gasteiger partial charge is 0.252 e. The molecule has 0 aliphatic rings. The molecule has 0 aliphatic carbocycles. The normalized spacial score (nSPS) is 10.8. The Kier molecular flexibility index (Phi) is 3.27. The van der Waals surface area contributed by atoms with Gasteiger partial charge in [-0.3, -0.25) is 4.79 Å². The topological polar surface area (TPSA) is 30.0 Å². The number of carbonyl (C=O) groups excluding carboxylic acids is 1. The Morgan fingerprint density at radius 2 is 2.00 bits per heavy atom. The molecule has 19 heavy (non-hydrogen) atoms. The van der Waals surface area contributed by atoms with Crippen LogP contribution in [0.25, 0.3) is 20.8 Å². The van der Waals surface area contributed by atoms with Crippen LogP contribution in [-0.2, 0) is 0 Å². The van der Waals surface area contributed by atoms with Crippen molar-refractivity contribution >= 4 is 50.0 Å². The number of rotatable bonds is 2. The van der Waals surface area contributed by atoms with Gasteiger partial charge in [0.1, 0.15) is 5.01 Å². The number of halogens is 2. The molecule has 0 saturated heterocycles.